The highest BCUT2D eigenvalue weighted by Crippen LogP contribution is 1.95. The quantitative estimate of drug-likeness (QED) is 0.0426. The summed E-state index contributed by atoms with van der Waals surface area (Å²) >= 11 is 0. The van der Waals surface area contributed by atoms with E-state index in [0.717, 1.165) is 0 Å². The van der Waals surface area contributed by atoms with Crippen molar-refractivity contribution in [2.24, 2.45) is 11.5 Å². The largest absolute Gasteiger partial charge is 0.380 e. The molecule has 40 heavy (non-hydrogen) atoms. The van der Waals surface area contributed by atoms with Crippen molar-refractivity contribution >= 4 is 11.8 Å². The Morgan fingerprint density at radius 3 is 0.925 bits per heavy atom. The Balaban J connectivity index is 3.55. The number of hydrogen-bond donors (Lipinski definition) is 6. The van der Waals surface area contributed by atoms with Crippen LogP contribution in [0.5, 0.6) is 0 Å². The molecular weight excluding hydrogens is 536 g/mol. The molecule has 16 nitrogen and oxygen atoms in total. The Labute approximate surface area is 236 Å². The van der Waals surface area contributed by atoms with E-state index in [1.54, 1.807) is 0 Å². The first-order chi connectivity index (χ1) is 19.5. The molecule has 0 radical (unpaired) electrons. The molecule has 0 aliphatic carbocycles. The minimum Gasteiger partial charge on any atom is -0.380 e. The molecule has 0 aromatic heterocycles. The average Bonchev–Trinajstić information content (AvgIpc) is 2.96. The highest BCUT2D eigenvalue weighted by Gasteiger charge is 2.29. The Morgan fingerprint density at radius 2 is 0.675 bits per heavy atom. The summed E-state index contributed by atoms with van der Waals surface area (Å²) in [5.74, 6) is -1.79. The zero-order chi connectivity index (χ0) is 29.5. The Hall–Kier alpha value is -1.54. The normalized spacial score (nSPS) is 12.8. The van der Waals surface area contributed by atoms with Gasteiger partial charge in [-0.15, -0.1) is 0 Å². The van der Waals surface area contributed by atoms with Crippen molar-refractivity contribution < 1.29 is 57.7 Å². The van der Waals surface area contributed by atoms with Gasteiger partial charge in [-0.1, -0.05) is 0 Å². The fraction of sp³-hybridized carbons (Fsp3) is 0.917. The Kier molecular flexibility index (Phi) is 29.2. The lowest BCUT2D eigenvalue weighted by Gasteiger charge is -2.17. The van der Waals surface area contributed by atoms with Gasteiger partial charge in [-0.05, 0) is 0 Å². The number of nitrogens with one attached hydrogen (secondary N) is 2. The first kappa shape index (κ1) is 38.5. The van der Waals surface area contributed by atoms with Crippen LogP contribution >= 0.6 is 0 Å². The van der Waals surface area contributed by atoms with Crippen LogP contribution in [-0.2, 0) is 47.5 Å². The van der Waals surface area contributed by atoms with Crippen molar-refractivity contribution in [3.05, 3.63) is 0 Å². The fourth-order valence-electron chi connectivity index (χ4n) is 2.68. The maximum atomic E-state index is 11.9. The molecule has 2 atom stereocenters. The number of amides is 2. The lowest BCUT2D eigenvalue weighted by atomic mass is 10.2. The monoisotopic (exact) mass is 586 g/mol. The highest BCUT2D eigenvalue weighted by molar-refractivity contribution is 5.90. The van der Waals surface area contributed by atoms with Crippen LogP contribution in [0.15, 0.2) is 0 Å². The van der Waals surface area contributed by atoms with Crippen LogP contribution in [0.3, 0.4) is 0 Å². The molecule has 8 N–H and O–H groups in total. The van der Waals surface area contributed by atoms with E-state index < -0.39 is 24.0 Å². The lowest BCUT2D eigenvalue weighted by Crippen LogP contribution is -2.50. The molecule has 0 aliphatic heterocycles. The van der Waals surface area contributed by atoms with Crippen molar-refractivity contribution in [3.63, 3.8) is 0 Å². The molecule has 0 fully saturated rings. The number of rotatable bonds is 31. The Morgan fingerprint density at radius 1 is 0.450 bits per heavy atom. The molecule has 16 heteroatoms. The molecular formula is C24H50N4O12. The number of aliphatic hydroxyl groups is 2. The number of carbonyl (C=O) groups excluding carboxylic acids is 2. The summed E-state index contributed by atoms with van der Waals surface area (Å²) in [6.07, 6.45) is -3.85. The first-order valence-electron chi connectivity index (χ1n) is 13.5. The average molecular weight is 587 g/mol. The molecule has 0 unspecified atom stereocenters. The molecule has 0 aromatic rings. The second-order valence-corrected chi connectivity index (χ2v) is 7.95. The molecule has 2 amide bonds. The molecule has 238 valence electrons. The van der Waals surface area contributed by atoms with Crippen LogP contribution < -0.4 is 22.1 Å². The van der Waals surface area contributed by atoms with Crippen molar-refractivity contribution in [3.8, 4) is 0 Å². The summed E-state index contributed by atoms with van der Waals surface area (Å²) in [4.78, 5) is 23.9. The summed E-state index contributed by atoms with van der Waals surface area (Å²) in [6, 6.07) is 0. The van der Waals surface area contributed by atoms with Crippen LogP contribution in [-0.4, -0.2) is 166 Å². The number of carbonyl (C=O) groups is 2. The predicted octanol–water partition coefficient (Wildman–Crippen LogP) is -4.01. The third-order valence-electron chi connectivity index (χ3n) is 4.68. The van der Waals surface area contributed by atoms with Gasteiger partial charge in [0, 0.05) is 26.2 Å². The zero-order valence-corrected chi connectivity index (χ0v) is 23.4. The minimum atomic E-state index is -1.92. The van der Waals surface area contributed by atoms with Crippen LogP contribution in [0.2, 0.25) is 0 Å². The topological polar surface area (TPSA) is 225 Å². The van der Waals surface area contributed by atoms with Gasteiger partial charge in [-0.25, -0.2) is 0 Å². The summed E-state index contributed by atoms with van der Waals surface area (Å²) in [5, 5.41) is 24.6. The van der Waals surface area contributed by atoms with Gasteiger partial charge in [0.25, 0.3) is 11.8 Å². The van der Waals surface area contributed by atoms with Gasteiger partial charge in [0.15, 0.2) is 12.2 Å². The fourth-order valence-corrected chi connectivity index (χ4v) is 2.68. The molecule has 0 heterocycles. The molecule has 0 rings (SSSR count). The molecule has 0 saturated heterocycles. The van der Waals surface area contributed by atoms with E-state index in [-0.39, 0.29) is 26.3 Å². The number of aliphatic hydroxyl groups excluding tert-OH is 2. The van der Waals surface area contributed by atoms with E-state index >= 15 is 0 Å². The molecule has 0 spiro atoms. The smallest absolute Gasteiger partial charge is 0.252 e. The molecule has 0 aromatic carbocycles. The summed E-state index contributed by atoms with van der Waals surface area (Å²) in [6.45, 7) is 7.37. The lowest BCUT2D eigenvalue weighted by molar-refractivity contribution is -0.146. The summed E-state index contributed by atoms with van der Waals surface area (Å²) < 4.78 is 42.2. The Bertz CT molecular complexity index is 532. The second-order valence-electron chi connectivity index (χ2n) is 7.95. The van der Waals surface area contributed by atoms with Gasteiger partial charge in [-0.2, -0.15) is 0 Å². The van der Waals surface area contributed by atoms with Gasteiger partial charge < -0.3 is 70.2 Å². The number of ether oxygens (including phenoxy) is 8. The summed E-state index contributed by atoms with van der Waals surface area (Å²) in [5.41, 5.74) is 10.6. The van der Waals surface area contributed by atoms with E-state index in [4.69, 9.17) is 49.4 Å². The number of nitrogens with two attached hydrogens (primary N) is 2. The first-order valence-corrected chi connectivity index (χ1v) is 13.5. The molecule has 0 bridgehead atoms. The summed E-state index contributed by atoms with van der Waals surface area (Å²) in [7, 11) is 0. The van der Waals surface area contributed by atoms with E-state index in [2.05, 4.69) is 10.6 Å². The van der Waals surface area contributed by atoms with E-state index in [1.165, 1.54) is 0 Å². The van der Waals surface area contributed by atoms with Crippen molar-refractivity contribution in [2.45, 2.75) is 12.2 Å². The van der Waals surface area contributed by atoms with Crippen LogP contribution in [0.25, 0.3) is 0 Å². The SMILES string of the molecule is NCCOCCOCCOCCOCCNC(=O)[C@H](O)[C@@H](O)C(=O)NCCOCCOCCOCCOCCN. The van der Waals surface area contributed by atoms with E-state index in [9.17, 15) is 19.8 Å². The number of hydrogen-bond acceptors (Lipinski definition) is 14. The maximum Gasteiger partial charge on any atom is 0.252 e. The van der Waals surface area contributed by atoms with Crippen LogP contribution in [0, 0.1) is 0 Å². The van der Waals surface area contributed by atoms with Crippen LogP contribution in [0.4, 0.5) is 0 Å². The van der Waals surface area contributed by atoms with Gasteiger partial charge in [0.2, 0.25) is 0 Å². The third-order valence-corrected chi connectivity index (χ3v) is 4.68. The highest BCUT2D eigenvalue weighted by atomic mass is 16.6. The van der Waals surface area contributed by atoms with Gasteiger partial charge in [0.1, 0.15) is 0 Å². The van der Waals surface area contributed by atoms with Crippen LogP contribution in [0.1, 0.15) is 0 Å². The van der Waals surface area contributed by atoms with Gasteiger partial charge in [0.05, 0.1) is 106 Å². The van der Waals surface area contributed by atoms with Crippen molar-refractivity contribution in [1.82, 2.24) is 10.6 Å². The minimum absolute atomic E-state index is 0.0847. The predicted molar refractivity (Wildman–Crippen MR) is 143 cm³/mol. The standard InChI is InChI=1S/C24H50N4O12/c25-1-5-33-9-13-37-17-19-39-15-11-35-7-3-27-23(31)21(29)22(30)24(32)28-4-8-36-12-16-40-20-18-38-14-10-34-6-2-26/h21-22,29-30H,1-20,25-26H2,(H,27,31)(H,28,32)/t21-,22-/m1/s1. The zero-order valence-electron chi connectivity index (χ0n) is 23.4. The third kappa shape index (κ3) is 25.4. The van der Waals surface area contributed by atoms with E-state index in [0.29, 0.717) is 106 Å². The van der Waals surface area contributed by atoms with Crippen molar-refractivity contribution in [1.29, 1.82) is 0 Å². The van der Waals surface area contributed by atoms with E-state index in [1.807, 2.05) is 0 Å². The maximum absolute atomic E-state index is 11.9. The molecule has 0 aliphatic rings. The second kappa shape index (κ2) is 30.4. The van der Waals surface area contributed by atoms with Gasteiger partial charge in [-0.3, -0.25) is 9.59 Å². The van der Waals surface area contributed by atoms with Gasteiger partial charge >= 0.3 is 0 Å². The molecule has 0 saturated carbocycles. The van der Waals surface area contributed by atoms with Crippen molar-refractivity contribution in [2.75, 3.05) is 132 Å².